The fourth-order valence-corrected chi connectivity index (χ4v) is 0.700. The fraction of sp³-hybridized carbons (Fsp3) is 0.750. The highest BCUT2D eigenvalue weighted by Crippen LogP contribution is 2.11. The van der Waals surface area contributed by atoms with Gasteiger partial charge in [-0.1, -0.05) is 6.58 Å². The van der Waals surface area contributed by atoms with Crippen LogP contribution in [0.5, 0.6) is 0 Å². The molecule has 0 aliphatic rings. The number of hydrogen-bond acceptors (Lipinski definition) is 7. The molecule has 0 bridgehead atoms. The normalized spacial score (nSPS) is 12.7. The summed E-state index contributed by atoms with van der Waals surface area (Å²) in [5.74, 6) is 0. The Labute approximate surface area is 87.3 Å². The average Bonchev–Trinajstić information content (AvgIpc) is 2.22. The molecule has 86 valence electrons. The second-order valence-electron chi connectivity index (χ2n) is 3.14. The summed E-state index contributed by atoms with van der Waals surface area (Å²) in [7, 11) is 0. The van der Waals surface area contributed by atoms with E-state index in [1.54, 1.807) is 0 Å². The van der Waals surface area contributed by atoms with Crippen molar-refractivity contribution >= 4 is 0 Å². The van der Waals surface area contributed by atoms with Gasteiger partial charge in [0.05, 0.1) is 12.9 Å². The predicted molar refractivity (Wildman–Crippen MR) is 52.6 cm³/mol. The van der Waals surface area contributed by atoms with Gasteiger partial charge in [-0.05, 0) is 19.0 Å². The van der Waals surface area contributed by atoms with Crippen molar-refractivity contribution < 1.29 is 14.3 Å². The summed E-state index contributed by atoms with van der Waals surface area (Å²) in [4.78, 5) is 24.2. The van der Waals surface area contributed by atoms with Crippen LogP contribution in [-0.2, 0) is 14.3 Å². The molecular formula is C8H14N2O5. The quantitative estimate of drug-likeness (QED) is 0.334. The van der Waals surface area contributed by atoms with Gasteiger partial charge in [-0.2, -0.15) is 0 Å². The van der Waals surface area contributed by atoms with Crippen LogP contribution in [-0.4, -0.2) is 25.0 Å². The first-order valence-electron chi connectivity index (χ1n) is 4.25. The van der Waals surface area contributed by atoms with Crippen molar-refractivity contribution in [2.75, 3.05) is 13.2 Å². The molecule has 0 aromatic carbocycles. The van der Waals surface area contributed by atoms with Crippen molar-refractivity contribution in [2.45, 2.75) is 25.7 Å². The van der Waals surface area contributed by atoms with Gasteiger partial charge in [0.2, 0.25) is 0 Å². The van der Waals surface area contributed by atoms with Gasteiger partial charge in [0.1, 0.15) is 0 Å². The third-order valence-corrected chi connectivity index (χ3v) is 1.44. The molecule has 0 rings (SSSR count). The maximum Gasteiger partial charge on any atom is 0.194 e. The minimum atomic E-state index is -1.14. The third-order valence-electron chi connectivity index (χ3n) is 1.44. The van der Waals surface area contributed by atoms with Gasteiger partial charge in [-0.15, -0.1) is 9.81 Å². The zero-order valence-corrected chi connectivity index (χ0v) is 8.71. The zero-order valence-electron chi connectivity index (χ0n) is 8.71. The fourth-order valence-electron chi connectivity index (χ4n) is 0.700. The van der Waals surface area contributed by atoms with Crippen LogP contribution in [0.1, 0.15) is 13.8 Å². The van der Waals surface area contributed by atoms with Crippen LogP contribution < -0.4 is 0 Å². The summed E-state index contributed by atoms with van der Waals surface area (Å²) in [6, 6.07) is 0. The first kappa shape index (κ1) is 13.5. The topological polar surface area (TPSA) is 86.6 Å². The number of nitrogens with zero attached hydrogens (tertiary/aromatic N) is 2. The molecule has 0 spiro atoms. The Hall–Kier alpha value is -1.50. The molecule has 0 saturated heterocycles. The molecule has 0 fully saturated rings. The van der Waals surface area contributed by atoms with Crippen LogP contribution in [0, 0.1) is 9.81 Å². The van der Waals surface area contributed by atoms with Crippen molar-refractivity contribution in [3.05, 3.63) is 22.7 Å². The van der Waals surface area contributed by atoms with E-state index < -0.39 is 11.8 Å². The SMILES string of the molecule is C=COC(CON=O)COC(C)(C)N=O. The molecule has 1 unspecified atom stereocenters. The van der Waals surface area contributed by atoms with E-state index >= 15 is 0 Å². The van der Waals surface area contributed by atoms with Crippen molar-refractivity contribution in [1.29, 1.82) is 0 Å². The third kappa shape index (κ3) is 6.55. The number of nitroso groups, excluding NO2 is 1. The van der Waals surface area contributed by atoms with E-state index in [4.69, 9.17) is 9.47 Å². The smallest absolute Gasteiger partial charge is 0.194 e. The lowest BCUT2D eigenvalue weighted by Gasteiger charge is -2.20. The average molecular weight is 218 g/mol. The lowest BCUT2D eigenvalue weighted by atomic mass is 10.3. The standard InChI is InChI=1S/C8H14N2O5/c1-4-13-7(6-15-10-12)5-14-8(2,3)9-11/h4,7H,1,5-6H2,2-3H3. The molecule has 1 atom stereocenters. The summed E-state index contributed by atoms with van der Waals surface area (Å²) in [5, 5.41) is 4.97. The highest BCUT2D eigenvalue weighted by molar-refractivity contribution is 4.67. The predicted octanol–water partition coefficient (Wildman–Crippen LogP) is 1.73. The van der Waals surface area contributed by atoms with E-state index in [-0.39, 0.29) is 13.2 Å². The van der Waals surface area contributed by atoms with Gasteiger partial charge >= 0.3 is 0 Å². The molecule has 0 saturated carbocycles. The van der Waals surface area contributed by atoms with Gasteiger partial charge in [-0.25, -0.2) is 0 Å². The van der Waals surface area contributed by atoms with E-state index in [0.717, 1.165) is 0 Å². The van der Waals surface area contributed by atoms with E-state index in [0.29, 0.717) is 0 Å². The van der Waals surface area contributed by atoms with Crippen molar-refractivity contribution in [1.82, 2.24) is 0 Å². The van der Waals surface area contributed by atoms with E-state index in [9.17, 15) is 9.81 Å². The van der Waals surface area contributed by atoms with Crippen LogP contribution in [0.15, 0.2) is 23.4 Å². The van der Waals surface area contributed by atoms with Crippen LogP contribution in [0.4, 0.5) is 0 Å². The molecule has 7 nitrogen and oxygen atoms in total. The summed E-state index contributed by atoms with van der Waals surface area (Å²) in [6.45, 7) is 6.32. The van der Waals surface area contributed by atoms with Crippen molar-refractivity contribution in [3.63, 3.8) is 0 Å². The van der Waals surface area contributed by atoms with Gasteiger partial charge in [0, 0.05) is 0 Å². The van der Waals surface area contributed by atoms with Crippen LogP contribution in [0.25, 0.3) is 0 Å². The van der Waals surface area contributed by atoms with Crippen molar-refractivity contribution in [2.24, 2.45) is 10.5 Å². The Morgan fingerprint density at radius 3 is 2.53 bits per heavy atom. The molecular weight excluding hydrogens is 204 g/mol. The maximum absolute atomic E-state index is 10.3. The Morgan fingerprint density at radius 2 is 2.07 bits per heavy atom. The minimum Gasteiger partial charge on any atom is -0.493 e. The molecule has 0 radical (unpaired) electrons. The lowest BCUT2D eigenvalue weighted by molar-refractivity contribution is -0.0796. The molecule has 0 aromatic rings. The first-order valence-corrected chi connectivity index (χ1v) is 4.25. The molecule has 15 heavy (non-hydrogen) atoms. The highest BCUT2D eigenvalue weighted by Gasteiger charge is 2.21. The van der Waals surface area contributed by atoms with Crippen molar-refractivity contribution in [3.8, 4) is 0 Å². The van der Waals surface area contributed by atoms with Crippen LogP contribution in [0.3, 0.4) is 0 Å². The molecule has 0 aliphatic carbocycles. The summed E-state index contributed by atoms with van der Waals surface area (Å²) >= 11 is 0. The van der Waals surface area contributed by atoms with E-state index in [1.807, 2.05) is 0 Å². The van der Waals surface area contributed by atoms with Gasteiger partial charge in [-0.3, -0.25) is 0 Å². The minimum absolute atomic E-state index is 0.0419. The second-order valence-corrected chi connectivity index (χ2v) is 3.14. The summed E-state index contributed by atoms with van der Waals surface area (Å²) in [5.41, 5.74) is -1.14. The number of rotatable bonds is 9. The molecule has 7 heteroatoms. The Kier molecular flexibility index (Phi) is 6.19. The molecule has 0 heterocycles. The molecule has 0 aliphatic heterocycles. The Morgan fingerprint density at radius 1 is 1.40 bits per heavy atom. The summed E-state index contributed by atoms with van der Waals surface area (Å²) in [6.07, 6.45) is 0.630. The maximum atomic E-state index is 10.3. The Balaban J connectivity index is 3.98. The number of ether oxygens (including phenoxy) is 2. The van der Waals surface area contributed by atoms with Gasteiger partial charge in [0.25, 0.3) is 0 Å². The summed E-state index contributed by atoms with van der Waals surface area (Å²) < 4.78 is 10.1. The lowest BCUT2D eigenvalue weighted by Crippen LogP contribution is -2.30. The number of hydrogen-bond donors (Lipinski definition) is 0. The molecule has 0 aromatic heterocycles. The van der Waals surface area contributed by atoms with Crippen LogP contribution in [0.2, 0.25) is 0 Å². The van der Waals surface area contributed by atoms with Crippen LogP contribution >= 0.6 is 0 Å². The first-order chi connectivity index (χ1) is 7.05. The zero-order chi connectivity index (χ0) is 11.7. The largest absolute Gasteiger partial charge is 0.493 e. The molecule has 0 amide bonds. The van der Waals surface area contributed by atoms with Gasteiger partial charge in [0.15, 0.2) is 23.8 Å². The van der Waals surface area contributed by atoms with E-state index in [2.05, 4.69) is 21.9 Å². The Bertz CT molecular complexity index is 219. The second kappa shape index (κ2) is 6.88. The van der Waals surface area contributed by atoms with E-state index in [1.165, 1.54) is 20.1 Å². The monoisotopic (exact) mass is 218 g/mol. The van der Waals surface area contributed by atoms with Gasteiger partial charge < -0.3 is 14.3 Å². The highest BCUT2D eigenvalue weighted by atomic mass is 16.7. The molecule has 0 N–H and O–H groups in total.